The van der Waals surface area contributed by atoms with Gasteiger partial charge in [0.15, 0.2) is 0 Å². The first-order chi connectivity index (χ1) is 10.2. The van der Waals surface area contributed by atoms with Crippen LogP contribution in [-0.4, -0.2) is 44.5 Å². The van der Waals surface area contributed by atoms with Gasteiger partial charge < -0.3 is 10.6 Å². The molecule has 1 aliphatic heterocycles. The highest BCUT2D eigenvalue weighted by molar-refractivity contribution is 5.94. The minimum atomic E-state index is -0.0115. The van der Waals surface area contributed by atoms with E-state index in [0.29, 0.717) is 0 Å². The van der Waals surface area contributed by atoms with E-state index >= 15 is 0 Å². The largest absolute Gasteiger partial charge is 0.355 e. The molecular formula is C17H28ClN3O. The molecule has 0 spiro atoms. The van der Waals surface area contributed by atoms with Gasteiger partial charge in [-0.05, 0) is 69.6 Å². The van der Waals surface area contributed by atoms with Crippen LogP contribution in [-0.2, 0) is 6.54 Å². The fourth-order valence-corrected chi connectivity index (χ4v) is 3.00. The van der Waals surface area contributed by atoms with Crippen LogP contribution in [0, 0.1) is 5.92 Å². The summed E-state index contributed by atoms with van der Waals surface area (Å²) in [4.78, 5) is 14.2. The first-order valence-corrected chi connectivity index (χ1v) is 7.91. The fraction of sp³-hybridized carbons (Fsp3) is 0.588. The Kier molecular flexibility index (Phi) is 8.46. The van der Waals surface area contributed by atoms with Crippen molar-refractivity contribution >= 4 is 18.3 Å². The summed E-state index contributed by atoms with van der Waals surface area (Å²) < 4.78 is 0. The zero-order chi connectivity index (χ0) is 15.1. The molecule has 1 amide bonds. The number of hydrogen-bond acceptors (Lipinski definition) is 3. The van der Waals surface area contributed by atoms with E-state index in [-0.39, 0.29) is 18.3 Å². The van der Waals surface area contributed by atoms with E-state index in [9.17, 15) is 4.79 Å². The van der Waals surface area contributed by atoms with Crippen molar-refractivity contribution in [3.63, 3.8) is 0 Å². The van der Waals surface area contributed by atoms with E-state index in [1.165, 1.54) is 37.9 Å². The molecule has 1 aliphatic rings. The maximum atomic E-state index is 11.7. The molecule has 1 aromatic carbocycles. The number of nitrogens with one attached hydrogen (secondary N) is 2. The van der Waals surface area contributed by atoms with Crippen LogP contribution in [0.2, 0.25) is 0 Å². The average Bonchev–Trinajstić information content (AvgIpc) is 2.53. The first kappa shape index (κ1) is 18.9. The Morgan fingerprint density at radius 3 is 2.64 bits per heavy atom. The second kappa shape index (κ2) is 9.82. The van der Waals surface area contributed by atoms with Crippen LogP contribution in [0.5, 0.6) is 0 Å². The predicted molar refractivity (Wildman–Crippen MR) is 93.6 cm³/mol. The minimum Gasteiger partial charge on any atom is -0.355 e. The third-order valence-corrected chi connectivity index (χ3v) is 4.33. The average molecular weight is 326 g/mol. The van der Waals surface area contributed by atoms with E-state index in [1.807, 2.05) is 25.2 Å². The molecule has 1 fully saturated rings. The van der Waals surface area contributed by atoms with Gasteiger partial charge in [0, 0.05) is 19.2 Å². The summed E-state index contributed by atoms with van der Waals surface area (Å²) in [6.07, 6.45) is 3.87. The molecule has 0 bridgehead atoms. The van der Waals surface area contributed by atoms with Crippen molar-refractivity contribution in [1.29, 1.82) is 0 Å². The van der Waals surface area contributed by atoms with Crippen LogP contribution in [0.4, 0.5) is 0 Å². The summed E-state index contributed by atoms with van der Waals surface area (Å²) in [6.45, 7) is 4.40. The molecule has 1 aromatic rings. The predicted octanol–water partition coefficient (Wildman–Crippen LogP) is 2.29. The number of hydrogen-bond donors (Lipinski definition) is 2. The summed E-state index contributed by atoms with van der Waals surface area (Å²) in [5, 5.41) is 5.92. The minimum absolute atomic E-state index is 0. The Balaban J connectivity index is 0.00000242. The molecule has 1 heterocycles. The van der Waals surface area contributed by atoms with Gasteiger partial charge in [-0.1, -0.05) is 12.1 Å². The van der Waals surface area contributed by atoms with E-state index in [0.717, 1.165) is 24.6 Å². The highest BCUT2D eigenvalue weighted by atomic mass is 35.5. The lowest BCUT2D eigenvalue weighted by molar-refractivity contribution is 0.0963. The normalized spacial score (nSPS) is 16.1. The molecule has 4 nitrogen and oxygen atoms in total. The van der Waals surface area contributed by atoms with Gasteiger partial charge >= 0.3 is 0 Å². The molecule has 0 atom stereocenters. The van der Waals surface area contributed by atoms with Gasteiger partial charge in [0.25, 0.3) is 5.91 Å². The van der Waals surface area contributed by atoms with E-state index in [2.05, 4.69) is 21.6 Å². The Morgan fingerprint density at radius 1 is 1.27 bits per heavy atom. The zero-order valence-electron chi connectivity index (χ0n) is 13.6. The molecular weight excluding hydrogens is 298 g/mol. The second-order valence-corrected chi connectivity index (χ2v) is 5.89. The van der Waals surface area contributed by atoms with Gasteiger partial charge in [0.05, 0.1) is 0 Å². The Hall–Kier alpha value is -1.10. The van der Waals surface area contributed by atoms with Crippen molar-refractivity contribution in [1.82, 2.24) is 15.5 Å². The Labute approximate surface area is 140 Å². The van der Waals surface area contributed by atoms with Crippen LogP contribution >= 0.6 is 12.4 Å². The molecule has 2 N–H and O–H groups in total. The molecule has 0 radical (unpaired) electrons. The van der Waals surface area contributed by atoms with Gasteiger partial charge in [-0.15, -0.1) is 12.4 Å². The van der Waals surface area contributed by atoms with Crippen LogP contribution < -0.4 is 10.6 Å². The lowest BCUT2D eigenvalue weighted by Gasteiger charge is -2.32. The van der Waals surface area contributed by atoms with E-state index in [4.69, 9.17) is 0 Å². The molecule has 124 valence electrons. The number of nitrogens with zero attached hydrogens (tertiary/aromatic N) is 1. The molecule has 22 heavy (non-hydrogen) atoms. The molecule has 2 rings (SSSR count). The molecule has 0 aromatic heterocycles. The molecule has 0 unspecified atom stereocenters. The fourth-order valence-electron chi connectivity index (χ4n) is 3.00. The maximum Gasteiger partial charge on any atom is 0.251 e. The van der Waals surface area contributed by atoms with Crippen LogP contribution in [0.3, 0.4) is 0 Å². The lowest BCUT2D eigenvalue weighted by Crippen LogP contribution is -2.34. The third kappa shape index (κ3) is 5.59. The van der Waals surface area contributed by atoms with E-state index < -0.39 is 0 Å². The second-order valence-electron chi connectivity index (χ2n) is 5.89. The molecule has 0 aliphatic carbocycles. The topological polar surface area (TPSA) is 44.4 Å². The Morgan fingerprint density at radius 2 is 2.00 bits per heavy atom. The van der Waals surface area contributed by atoms with E-state index in [1.54, 1.807) is 7.05 Å². The van der Waals surface area contributed by atoms with Crippen molar-refractivity contribution in [2.24, 2.45) is 5.92 Å². The highest BCUT2D eigenvalue weighted by Crippen LogP contribution is 2.21. The van der Waals surface area contributed by atoms with Crippen LogP contribution in [0.25, 0.3) is 0 Å². The summed E-state index contributed by atoms with van der Waals surface area (Å²) in [5.74, 6) is 0.855. The summed E-state index contributed by atoms with van der Waals surface area (Å²) in [7, 11) is 3.69. The molecule has 5 heteroatoms. The summed E-state index contributed by atoms with van der Waals surface area (Å²) in [5.41, 5.74) is 1.98. The lowest BCUT2D eigenvalue weighted by atomic mass is 9.93. The third-order valence-electron chi connectivity index (χ3n) is 4.33. The number of amides is 1. The summed E-state index contributed by atoms with van der Waals surface area (Å²) >= 11 is 0. The van der Waals surface area contributed by atoms with Gasteiger partial charge in [0.1, 0.15) is 0 Å². The SMILES string of the molecule is CNCCC1CCN(Cc2cccc(C(=O)NC)c2)CC1.Cl. The molecule has 1 saturated heterocycles. The van der Waals surface area contributed by atoms with Crippen molar-refractivity contribution < 1.29 is 4.79 Å². The van der Waals surface area contributed by atoms with Crippen molar-refractivity contribution in [3.8, 4) is 0 Å². The monoisotopic (exact) mass is 325 g/mol. The van der Waals surface area contributed by atoms with Crippen molar-refractivity contribution in [3.05, 3.63) is 35.4 Å². The highest BCUT2D eigenvalue weighted by Gasteiger charge is 2.18. The Bertz CT molecular complexity index is 459. The van der Waals surface area contributed by atoms with Gasteiger partial charge in [-0.3, -0.25) is 9.69 Å². The smallest absolute Gasteiger partial charge is 0.251 e. The van der Waals surface area contributed by atoms with Crippen LogP contribution in [0.1, 0.15) is 35.2 Å². The van der Waals surface area contributed by atoms with Crippen molar-refractivity contribution in [2.75, 3.05) is 33.7 Å². The van der Waals surface area contributed by atoms with Gasteiger partial charge in [-0.2, -0.15) is 0 Å². The van der Waals surface area contributed by atoms with Gasteiger partial charge in [0.2, 0.25) is 0 Å². The zero-order valence-corrected chi connectivity index (χ0v) is 14.4. The number of rotatable bonds is 6. The van der Waals surface area contributed by atoms with Crippen LogP contribution in [0.15, 0.2) is 24.3 Å². The number of likely N-dealkylation sites (tertiary alicyclic amines) is 1. The summed E-state index contributed by atoms with van der Waals surface area (Å²) in [6, 6.07) is 7.96. The quantitative estimate of drug-likeness (QED) is 0.843. The number of piperidine rings is 1. The maximum absolute atomic E-state index is 11.7. The standard InChI is InChI=1S/C17H27N3O.ClH/c1-18-9-6-14-7-10-20(11-8-14)13-15-4-3-5-16(12-15)17(21)19-2;/h3-5,12,14,18H,6-11,13H2,1-2H3,(H,19,21);1H. The number of benzene rings is 1. The molecule has 0 saturated carbocycles. The number of halogens is 1. The number of carbonyl (C=O) groups excluding carboxylic acids is 1. The van der Waals surface area contributed by atoms with Crippen molar-refractivity contribution in [2.45, 2.75) is 25.8 Å². The number of carbonyl (C=O) groups is 1. The van der Waals surface area contributed by atoms with Gasteiger partial charge in [-0.25, -0.2) is 0 Å². The first-order valence-electron chi connectivity index (χ1n) is 7.91.